The van der Waals surface area contributed by atoms with E-state index >= 15 is 0 Å². The van der Waals surface area contributed by atoms with Gasteiger partial charge in [0.1, 0.15) is 5.82 Å². The van der Waals surface area contributed by atoms with Gasteiger partial charge in [-0.25, -0.2) is 4.39 Å². The number of hydrogen-bond donors (Lipinski definition) is 2. The maximum absolute atomic E-state index is 13.7. The fraction of sp³-hybridized carbons (Fsp3) is 0.350. The molecular weight excluding hydrogens is 333 g/mol. The number of nitrogens with two attached hydrogens (primary N) is 1. The first kappa shape index (κ1) is 18.5. The Bertz CT molecular complexity index is 730. The SMILES string of the molecule is NCc1ccc(C(=O)NCC(c2cccc(F)c2)N2CCOCC2)cc1. The number of benzene rings is 2. The second kappa shape index (κ2) is 8.89. The number of carbonyl (C=O) groups is 1. The molecule has 1 saturated heterocycles. The molecule has 1 aliphatic rings. The average molecular weight is 357 g/mol. The van der Waals surface area contributed by atoms with Gasteiger partial charge in [-0.1, -0.05) is 24.3 Å². The van der Waals surface area contributed by atoms with Crippen LogP contribution >= 0.6 is 0 Å². The van der Waals surface area contributed by atoms with Crippen LogP contribution in [0.5, 0.6) is 0 Å². The number of nitrogens with one attached hydrogen (secondary N) is 1. The second-order valence-corrected chi connectivity index (χ2v) is 6.33. The molecule has 0 aliphatic carbocycles. The van der Waals surface area contributed by atoms with Gasteiger partial charge in [0, 0.05) is 31.7 Å². The summed E-state index contributed by atoms with van der Waals surface area (Å²) >= 11 is 0. The maximum atomic E-state index is 13.7. The van der Waals surface area contributed by atoms with Crippen LogP contribution in [0.15, 0.2) is 48.5 Å². The van der Waals surface area contributed by atoms with Crippen molar-refractivity contribution in [2.24, 2.45) is 5.73 Å². The molecule has 5 nitrogen and oxygen atoms in total. The van der Waals surface area contributed by atoms with Crippen molar-refractivity contribution in [1.29, 1.82) is 0 Å². The number of rotatable bonds is 6. The fourth-order valence-corrected chi connectivity index (χ4v) is 3.14. The van der Waals surface area contributed by atoms with Gasteiger partial charge >= 0.3 is 0 Å². The first-order valence-corrected chi connectivity index (χ1v) is 8.82. The van der Waals surface area contributed by atoms with Crippen molar-refractivity contribution in [3.8, 4) is 0 Å². The van der Waals surface area contributed by atoms with Gasteiger partial charge in [-0.15, -0.1) is 0 Å². The molecule has 0 aromatic heterocycles. The Morgan fingerprint density at radius 2 is 1.92 bits per heavy atom. The summed E-state index contributed by atoms with van der Waals surface area (Å²) in [6.45, 7) is 3.63. The first-order valence-electron chi connectivity index (χ1n) is 8.82. The minimum Gasteiger partial charge on any atom is -0.379 e. The van der Waals surface area contributed by atoms with E-state index in [1.54, 1.807) is 18.2 Å². The lowest BCUT2D eigenvalue weighted by molar-refractivity contribution is 0.0162. The number of carbonyl (C=O) groups excluding carboxylic acids is 1. The van der Waals surface area contributed by atoms with E-state index in [0.717, 1.165) is 24.2 Å². The highest BCUT2D eigenvalue weighted by atomic mass is 19.1. The molecule has 1 unspecified atom stereocenters. The zero-order valence-electron chi connectivity index (χ0n) is 14.7. The molecule has 1 fully saturated rings. The number of hydrogen-bond acceptors (Lipinski definition) is 4. The Kier molecular flexibility index (Phi) is 6.33. The summed E-state index contributed by atoms with van der Waals surface area (Å²) in [7, 11) is 0. The highest BCUT2D eigenvalue weighted by Gasteiger charge is 2.23. The Balaban J connectivity index is 1.71. The molecular formula is C20H24FN3O2. The van der Waals surface area contributed by atoms with Crippen molar-refractivity contribution < 1.29 is 13.9 Å². The minimum atomic E-state index is -0.274. The van der Waals surface area contributed by atoms with Crippen LogP contribution in [-0.4, -0.2) is 43.7 Å². The van der Waals surface area contributed by atoms with Crippen molar-refractivity contribution in [2.75, 3.05) is 32.8 Å². The van der Waals surface area contributed by atoms with E-state index in [4.69, 9.17) is 10.5 Å². The lowest BCUT2D eigenvalue weighted by Crippen LogP contribution is -2.43. The van der Waals surface area contributed by atoms with Gasteiger partial charge in [-0.2, -0.15) is 0 Å². The van der Waals surface area contributed by atoms with Gasteiger partial charge in [0.15, 0.2) is 0 Å². The van der Waals surface area contributed by atoms with Crippen molar-refractivity contribution in [2.45, 2.75) is 12.6 Å². The fourth-order valence-electron chi connectivity index (χ4n) is 3.14. The molecule has 0 saturated carbocycles. The summed E-state index contributed by atoms with van der Waals surface area (Å²) in [6.07, 6.45) is 0. The molecule has 3 N–H and O–H groups in total. The molecule has 1 amide bonds. The Morgan fingerprint density at radius 1 is 1.19 bits per heavy atom. The molecule has 138 valence electrons. The third-order valence-electron chi connectivity index (χ3n) is 4.63. The minimum absolute atomic E-state index is 0.0955. The molecule has 2 aromatic carbocycles. The molecule has 6 heteroatoms. The van der Waals surface area contributed by atoms with Gasteiger partial charge in [0.2, 0.25) is 0 Å². The van der Waals surface area contributed by atoms with E-state index in [1.165, 1.54) is 12.1 Å². The molecule has 1 heterocycles. The highest BCUT2D eigenvalue weighted by molar-refractivity contribution is 5.94. The zero-order chi connectivity index (χ0) is 18.4. The number of halogens is 1. The number of ether oxygens (including phenoxy) is 1. The van der Waals surface area contributed by atoms with Gasteiger partial charge in [0.05, 0.1) is 19.3 Å². The van der Waals surface area contributed by atoms with Crippen LogP contribution in [0.25, 0.3) is 0 Å². The van der Waals surface area contributed by atoms with Crippen LogP contribution in [0.3, 0.4) is 0 Å². The molecule has 0 radical (unpaired) electrons. The van der Waals surface area contributed by atoms with Gasteiger partial charge in [-0.05, 0) is 35.4 Å². The predicted molar refractivity (Wildman–Crippen MR) is 98.2 cm³/mol. The van der Waals surface area contributed by atoms with Crippen molar-refractivity contribution in [3.05, 3.63) is 71.0 Å². The zero-order valence-corrected chi connectivity index (χ0v) is 14.7. The van der Waals surface area contributed by atoms with Crippen LogP contribution in [0.4, 0.5) is 4.39 Å². The standard InChI is InChI=1S/C20H24FN3O2/c21-18-3-1-2-17(12-18)19(24-8-10-26-11-9-24)14-23-20(25)16-6-4-15(13-22)5-7-16/h1-7,12,19H,8-11,13-14,22H2,(H,23,25). The maximum Gasteiger partial charge on any atom is 0.251 e. The first-order chi connectivity index (χ1) is 12.7. The van der Waals surface area contributed by atoms with E-state index in [9.17, 15) is 9.18 Å². The average Bonchev–Trinajstić information content (AvgIpc) is 2.69. The van der Waals surface area contributed by atoms with Crippen molar-refractivity contribution in [3.63, 3.8) is 0 Å². The molecule has 1 atom stereocenters. The lowest BCUT2D eigenvalue weighted by atomic mass is 10.0. The molecule has 1 aliphatic heterocycles. The smallest absolute Gasteiger partial charge is 0.251 e. The number of morpholine rings is 1. The molecule has 2 aromatic rings. The van der Waals surface area contributed by atoms with E-state index in [0.29, 0.717) is 31.9 Å². The topological polar surface area (TPSA) is 67.6 Å². The summed E-state index contributed by atoms with van der Waals surface area (Å²) < 4.78 is 19.1. The highest BCUT2D eigenvalue weighted by Crippen LogP contribution is 2.22. The largest absolute Gasteiger partial charge is 0.379 e. The van der Waals surface area contributed by atoms with Crippen LogP contribution in [0, 0.1) is 5.82 Å². The van der Waals surface area contributed by atoms with Crippen molar-refractivity contribution in [1.82, 2.24) is 10.2 Å². The van der Waals surface area contributed by atoms with Crippen LogP contribution < -0.4 is 11.1 Å². The summed E-state index contributed by atoms with van der Waals surface area (Å²) in [5.41, 5.74) is 8.00. The van der Waals surface area contributed by atoms with E-state index < -0.39 is 0 Å². The monoisotopic (exact) mass is 357 g/mol. The predicted octanol–water partition coefficient (Wildman–Crippen LogP) is 2.09. The Morgan fingerprint density at radius 3 is 2.58 bits per heavy atom. The quantitative estimate of drug-likeness (QED) is 0.831. The van der Waals surface area contributed by atoms with Crippen LogP contribution in [0.2, 0.25) is 0 Å². The van der Waals surface area contributed by atoms with Gasteiger partial charge in [0.25, 0.3) is 5.91 Å². The molecule has 26 heavy (non-hydrogen) atoms. The Hall–Kier alpha value is -2.28. The summed E-state index contributed by atoms with van der Waals surface area (Å²) in [5, 5.41) is 2.98. The number of nitrogens with zero attached hydrogens (tertiary/aromatic N) is 1. The molecule has 0 bridgehead atoms. The van der Waals surface area contributed by atoms with Crippen molar-refractivity contribution >= 4 is 5.91 Å². The second-order valence-electron chi connectivity index (χ2n) is 6.33. The molecule has 3 rings (SSSR count). The van der Waals surface area contributed by atoms with E-state index in [-0.39, 0.29) is 17.8 Å². The van der Waals surface area contributed by atoms with E-state index in [2.05, 4.69) is 10.2 Å². The lowest BCUT2D eigenvalue weighted by Gasteiger charge is -2.35. The Labute approximate surface area is 152 Å². The number of amides is 1. The van der Waals surface area contributed by atoms with Gasteiger partial charge < -0.3 is 15.8 Å². The van der Waals surface area contributed by atoms with Gasteiger partial charge in [-0.3, -0.25) is 9.69 Å². The van der Waals surface area contributed by atoms with Crippen LogP contribution in [0.1, 0.15) is 27.5 Å². The van der Waals surface area contributed by atoms with Crippen LogP contribution in [-0.2, 0) is 11.3 Å². The summed E-state index contributed by atoms with van der Waals surface area (Å²) in [4.78, 5) is 14.7. The summed E-state index contributed by atoms with van der Waals surface area (Å²) in [5.74, 6) is -0.423. The normalized spacial score (nSPS) is 16.2. The third kappa shape index (κ3) is 4.66. The molecule has 0 spiro atoms. The summed E-state index contributed by atoms with van der Waals surface area (Å²) in [6, 6.07) is 13.7. The van der Waals surface area contributed by atoms with E-state index in [1.807, 2.05) is 18.2 Å². The third-order valence-corrected chi connectivity index (χ3v) is 4.63.